The Bertz CT molecular complexity index is 900. The summed E-state index contributed by atoms with van der Waals surface area (Å²) in [6.45, 7) is 1.57. The fraction of sp³-hybridized carbons (Fsp3) is 0.381. The number of amides is 1. The second-order valence-electron chi connectivity index (χ2n) is 6.90. The van der Waals surface area contributed by atoms with E-state index >= 15 is 0 Å². The van der Waals surface area contributed by atoms with Crippen LogP contribution in [0.2, 0.25) is 0 Å². The molecule has 2 aromatic carbocycles. The number of likely N-dealkylation sites (tertiary alicyclic amines) is 1. The minimum atomic E-state index is -3.69. The van der Waals surface area contributed by atoms with Gasteiger partial charge in [-0.2, -0.15) is 0 Å². The van der Waals surface area contributed by atoms with Gasteiger partial charge in [0.1, 0.15) is 5.75 Å². The molecule has 1 heterocycles. The standard InChI is InChI=1S/C21H26N2O4S/c1-22(28(25,26)20-13-11-19(27-2)12-14-20)18-9-7-17(8-10-18)21(24)23-15-5-3-4-6-16-23/h7-14H,3-6,15-16H2,1-2H3. The number of nitrogens with zero attached hydrogens (tertiary/aromatic N) is 2. The monoisotopic (exact) mass is 402 g/mol. The van der Waals surface area contributed by atoms with E-state index in [2.05, 4.69) is 0 Å². The molecule has 0 spiro atoms. The summed E-state index contributed by atoms with van der Waals surface area (Å²) in [5, 5.41) is 0. The Morgan fingerprint density at radius 3 is 2.04 bits per heavy atom. The normalized spacial score (nSPS) is 15.0. The molecule has 0 N–H and O–H groups in total. The van der Waals surface area contributed by atoms with Crippen molar-refractivity contribution < 1.29 is 17.9 Å². The zero-order valence-electron chi connectivity index (χ0n) is 16.3. The van der Waals surface area contributed by atoms with Crippen molar-refractivity contribution in [3.05, 3.63) is 54.1 Å². The molecule has 7 heteroatoms. The molecule has 1 aliphatic rings. The summed E-state index contributed by atoms with van der Waals surface area (Å²) in [6, 6.07) is 13.0. The van der Waals surface area contributed by atoms with E-state index in [1.807, 2.05) is 4.90 Å². The molecular weight excluding hydrogens is 376 g/mol. The van der Waals surface area contributed by atoms with Crippen molar-refractivity contribution in [2.75, 3.05) is 31.6 Å². The summed E-state index contributed by atoms with van der Waals surface area (Å²) in [5.41, 5.74) is 1.09. The molecule has 28 heavy (non-hydrogen) atoms. The molecular formula is C21H26N2O4S. The number of benzene rings is 2. The summed E-state index contributed by atoms with van der Waals surface area (Å²) in [7, 11) is -0.656. The lowest BCUT2D eigenvalue weighted by atomic mass is 10.1. The van der Waals surface area contributed by atoms with Crippen molar-refractivity contribution >= 4 is 21.6 Å². The van der Waals surface area contributed by atoms with E-state index in [1.165, 1.54) is 30.6 Å². The van der Waals surface area contributed by atoms with E-state index in [9.17, 15) is 13.2 Å². The molecule has 6 nitrogen and oxygen atoms in total. The molecule has 1 amide bonds. The van der Waals surface area contributed by atoms with Gasteiger partial charge >= 0.3 is 0 Å². The van der Waals surface area contributed by atoms with Crippen molar-refractivity contribution in [2.24, 2.45) is 0 Å². The lowest BCUT2D eigenvalue weighted by Gasteiger charge is -2.22. The summed E-state index contributed by atoms with van der Waals surface area (Å²) < 4.78 is 32.0. The summed E-state index contributed by atoms with van der Waals surface area (Å²) in [5.74, 6) is 0.604. The quantitative estimate of drug-likeness (QED) is 0.767. The number of sulfonamides is 1. The molecule has 0 unspecified atom stereocenters. The number of carbonyl (C=O) groups excluding carboxylic acids is 1. The summed E-state index contributed by atoms with van der Waals surface area (Å²) in [4.78, 5) is 14.8. The summed E-state index contributed by atoms with van der Waals surface area (Å²) in [6.07, 6.45) is 4.40. The van der Waals surface area contributed by atoms with Crippen LogP contribution in [0, 0.1) is 0 Å². The molecule has 1 aliphatic heterocycles. The lowest BCUT2D eigenvalue weighted by Crippen LogP contribution is -2.32. The Morgan fingerprint density at radius 1 is 0.929 bits per heavy atom. The predicted octanol–water partition coefficient (Wildman–Crippen LogP) is 3.54. The fourth-order valence-corrected chi connectivity index (χ4v) is 4.51. The SMILES string of the molecule is COc1ccc(S(=O)(=O)N(C)c2ccc(C(=O)N3CCCCCC3)cc2)cc1. The first-order chi connectivity index (χ1) is 13.4. The number of hydrogen-bond acceptors (Lipinski definition) is 4. The van der Waals surface area contributed by atoms with Gasteiger partial charge in [-0.15, -0.1) is 0 Å². The van der Waals surface area contributed by atoms with Gasteiger partial charge in [-0.05, 0) is 61.4 Å². The minimum absolute atomic E-state index is 0.00844. The highest BCUT2D eigenvalue weighted by molar-refractivity contribution is 7.92. The number of hydrogen-bond donors (Lipinski definition) is 0. The van der Waals surface area contributed by atoms with E-state index in [-0.39, 0.29) is 10.8 Å². The van der Waals surface area contributed by atoms with E-state index in [4.69, 9.17) is 4.74 Å². The van der Waals surface area contributed by atoms with Crippen LogP contribution in [0.15, 0.2) is 53.4 Å². The van der Waals surface area contributed by atoms with Crippen LogP contribution >= 0.6 is 0 Å². The molecule has 3 rings (SSSR count). The number of anilines is 1. The molecule has 0 radical (unpaired) electrons. The maximum absolute atomic E-state index is 12.8. The number of methoxy groups -OCH3 is 1. The van der Waals surface area contributed by atoms with Crippen LogP contribution in [0.1, 0.15) is 36.0 Å². The third kappa shape index (κ3) is 4.30. The third-order valence-corrected chi connectivity index (χ3v) is 6.89. The van der Waals surface area contributed by atoms with Gasteiger partial charge in [0.25, 0.3) is 15.9 Å². The van der Waals surface area contributed by atoms with Gasteiger partial charge in [0.05, 0.1) is 17.7 Å². The van der Waals surface area contributed by atoms with E-state index in [0.29, 0.717) is 17.0 Å². The molecule has 2 aromatic rings. The largest absolute Gasteiger partial charge is 0.497 e. The summed E-state index contributed by atoms with van der Waals surface area (Å²) >= 11 is 0. The molecule has 0 aromatic heterocycles. The zero-order chi connectivity index (χ0) is 20.1. The maximum Gasteiger partial charge on any atom is 0.264 e. The van der Waals surface area contributed by atoms with Gasteiger partial charge in [-0.3, -0.25) is 9.10 Å². The average Bonchev–Trinajstić information content (AvgIpc) is 3.02. The van der Waals surface area contributed by atoms with Crippen molar-refractivity contribution in [1.29, 1.82) is 0 Å². The van der Waals surface area contributed by atoms with Crippen LogP contribution in [0.3, 0.4) is 0 Å². The van der Waals surface area contributed by atoms with Crippen molar-refractivity contribution in [2.45, 2.75) is 30.6 Å². The van der Waals surface area contributed by atoms with Crippen molar-refractivity contribution in [1.82, 2.24) is 4.90 Å². The Hall–Kier alpha value is -2.54. The molecule has 1 saturated heterocycles. The number of ether oxygens (including phenoxy) is 1. The van der Waals surface area contributed by atoms with E-state index in [1.54, 1.807) is 36.4 Å². The zero-order valence-corrected chi connectivity index (χ0v) is 17.1. The Morgan fingerprint density at radius 2 is 1.50 bits per heavy atom. The second kappa shape index (κ2) is 8.65. The Kier molecular flexibility index (Phi) is 6.24. The van der Waals surface area contributed by atoms with Crippen LogP contribution in [-0.4, -0.2) is 46.5 Å². The van der Waals surface area contributed by atoms with E-state index < -0.39 is 10.0 Å². The molecule has 0 aliphatic carbocycles. The van der Waals surface area contributed by atoms with Crippen molar-refractivity contribution in [3.63, 3.8) is 0 Å². The van der Waals surface area contributed by atoms with Crippen LogP contribution in [0.4, 0.5) is 5.69 Å². The third-order valence-electron chi connectivity index (χ3n) is 5.09. The number of rotatable bonds is 5. The van der Waals surface area contributed by atoms with Crippen LogP contribution in [0.5, 0.6) is 5.75 Å². The predicted molar refractivity (Wildman–Crippen MR) is 109 cm³/mol. The van der Waals surface area contributed by atoms with E-state index in [0.717, 1.165) is 38.8 Å². The highest BCUT2D eigenvalue weighted by Gasteiger charge is 2.22. The highest BCUT2D eigenvalue weighted by Crippen LogP contribution is 2.24. The smallest absolute Gasteiger partial charge is 0.264 e. The van der Waals surface area contributed by atoms with Gasteiger partial charge in [0.15, 0.2) is 0 Å². The first-order valence-electron chi connectivity index (χ1n) is 9.46. The first kappa shape index (κ1) is 20.2. The van der Waals surface area contributed by atoms with Gasteiger partial charge in [0.2, 0.25) is 0 Å². The highest BCUT2D eigenvalue weighted by atomic mass is 32.2. The van der Waals surface area contributed by atoms with Crippen LogP contribution in [-0.2, 0) is 10.0 Å². The average molecular weight is 403 g/mol. The molecule has 150 valence electrons. The van der Waals surface area contributed by atoms with Crippen molar-refractivity contribution in [3.8, 4) is 5.75 Å². The topological polar surface area (TPSA) is 66.9 Å². The van der Waals surface area contributed by atoms with Gasteiger partial charge in [-0.1, -0.05) is 12.8 Å². The lowest BCUT2D eigenvalue weighted by molar-refractivity contribution is 0.0761. The molecule has 0 saturated carbocycles. The van der Waals surface area contributed by atoms with Gasteiger partial charge in [-0.25, -0.2) is 8.42 Å². The molecule has 0 atom stereocenters. The molecule has 0 bridgehead atoms. The second-order valence-corrected chi connectivity index (χ2v) is 8.87. The maximum atomic E-state index is 12.8. The Balaban J connectivity index is 1.76. The van der Waals surface area contributed by atoms with Gasteiger partial charge < -0.3 is 9.64 Å². The van der Waals surface area contributed by atoms with Gasteiger partial charge in [0, 0.05) is 25.7 Å². The molecule has 1 fully saturated rings. The minimum Gasteiger partial charge on any atom is -0.497 e. The van der Waals surface area contributed by atoms with Crippen LogP contribution in [0.25, 0.3) is 0 Å². The first-order valence-corrected chi connectivity index (χ1v) is 10.9. The Labute approximate surface area is 166 Å². The fourth-order valence-electron chi connectivity index (χ4n) is 3.31. The van der Waals surface area contributed by atoms with Crippen LogP contribution < -0.4 is 9.04 Å². The number of carbonyl (C=O) groups is 1.